The number of primary amides is 1. The Kier molecular flexibility index (Phi) is 5.35. The molecule has 138 valence electrons. The summed E-state index contributed by atoms with van der Waals surface area (Å²) >= 11 is 0.845. The minimum absolute atomic E-state index is 0.0299. The number of anilines is 1. The van der Waals surface area contributed by atoms with Crippen LogP contribution in [0.1, 0.15) is 31.3 Å². The van der Waals surface area contributed by atoms with E-state index in [-0.39, 0.29) is 33.4 Å². The van der Waals surface area contributed by atoms with Gasteiger partial charge in [0, 0.05) is 0 Å². The Bertz CT molecular complexity index is 915. The molecule has 0 bridgehead atoms. The smallest absolute Gasteiger partial charge is 0.341 e. The molecular weight excluding hydrogens is 366 g/mol. The summed E-state index contributed by atoms with van der Waals surface area (Å²) in [6, 6.07) is 0. The lowest BCUT2D eigenvalue weighted by Gasteiger charge is -2.06. The first kappa shape index (κ1) is 19.1. The maximum Gasteiger partial charge on any atom is 0.341 e. The van der Waals surface area contributed by atoms with Crippen LogP contribution in [0, 0.1) is 24.0 Å². The summed E-state index contributed by atoms with van der Waals surface area (Å²) in [5.74, 6) is -2.06. The minimum Gasteiger partial charge on any atom is -0.465 e. The van der Waals surface area contributed by atoms with Gasteiger partial charge in [0.15, 0.2) is 0 Å². The molecule has 0 aliphatic carbocycles. The van der Waals surface area contributed by atoms with E-state index in [4.69, 9.17) is 5.73 Å². The van der Waals surface area contributed by atoms with E-state index >= 15 is 0 Å². The van der Waals surface area contributed by atoms with E-state index in [1.165, 1.54) is 21.0 Å². The van der Waals surface area contributed by atoms with Crippen molar-refractivity contribution in [3.05, 3.63) is 38.0 Å². The van der Waals surface area contributed by atoms with E-state index in [0.717, 1.165) is 22.2 Å². The van der Waals surface area contributed by atoms with Crippen LogP contribution in [-0.2, 0) is 16.1 Å². The number of nitrogens with one attached hydrogen (secondary N) is 1. The van der Waals surface area contributed by atoms with E-state index in [1.54, 1.807) is 0 Å². The van der Waals surface area contributed by atoms with E-state index in [0.29, 0.717) is 5.56 Å². The summed E-state index contributed by atoms with van der Waals surface area (Å²) in [6.45, 7) is 2.64. The first-order valence-electron chi connectivity index (χ1n) is 7.15. The van der Waals surface area contributed by atoms with Gasteiger partial charge in [0.1, 0.15) is 23.4 Å². The molecule has 0 unspecified atom stereocenters. The minimum atomic E-state index is -0.739. The number of thiophene rings is 1. The zero-order valence-corrected chi connectivity index (χ0v) is 14.9. The van der Waals surface area contributed by atoms with Crippen molar-refractivity contribution in [3.8, 4) is 0 Å². The van der Waals surface area contributed by atoms with Crippen LogP contribution in [0.5, 0.6) is 0 Å². The fourth-order valence-corrected chi connectivity index (χ4v) is 3.33. The summed E-state index contributed by atoms with van der Waals surface area (Å²) in [6.07, 6.45) is 1.13. The van der Waals surface area contributed by atoms with Crippen molar-refractivity contribution in [2.75, 3.05) is 12.4 Å². The van der Waals surface area contributed by atoms with Crippen LogP contribution in [0.15, 0.2) is 6.20 Å². The van der Waals surface area contributed by atoms with Gasteiger partial charge in [0.2, 0.25) is 5.91 Å². The Hall–Kier alpha value is -3.28. The molecule has 0 fully saturated rings. The van der Waals surface area contributed by atoms with Gasteiger partial charge in [-0.15, -0.1) is 11.3 Å². The lowest BCUT2D eigenvalue weighted by Crippen LogP contribution is -2.20. The highest BCUT2D eigenvalue weighted by Crippen LogP contribution is 2.33. The number of carbonyl (C=O) groups is 3. The molecular formula is C14H15N5O6S. The van der Waals surface area contributed by atoms with Crippen LogP contribution < -0.4 is 11.1 Å². The second-order valence-electron chi connectivity index (χ2n) is 5.22. The molecule has 2 rings (SSSR count). The van der Waals surface area contributed by atoms with Gasteiger partial charge in [-0.3, -0.25) is 24.4 Å². The number of esters is 1. The molecule has 3 N–H and O–H groups in total. The number of carbonyl (C=O) groups excluding carboxylic acids is 3. The summed E-state index contributed by atoms with van der Waals surface area (Å²) in [7, 11) is 1.17. The number of rotatable bonds is 6. The van der Waals surface area contributed by atoms with Crippen molar-refractivity contribution in [3.63, 3.8) is 0 Å². The van der Waals surface area contributed by atoms with E-state index in [2.05, 4.69) is 15.2 Å². The van der Waals surface area contributed by atoms with Gasteiger partial charge in [0.25, 0.3) is 5.91 Å². The zero-order chi connectivity index (χ0) is 19.6. The van der Waals surface area contributed by atoms with Crippen molar-refractivity contribution in [2.24, 2.45) is 5.73 Å². The van der Waals surface area contributed by atoms with Gasteiger partial charge in [-0.1, -0.05) is 0 Å². The number of hydrogen-bond donors (Lipinski definition) is 2. The maximum atomic E-state index is 12.2. The van der Waals surface area contributed by atoms with Crippen LogP contribution in [0.2, 0.25) is 0 Å². The third kappa shape index (κ3) is 3.69. The van der Waals surface area contributed by atoms with Crippen LogP contribution in [-0.4, -0.2) is 39.6 Å². The molecule has 2 heterocycles. The number of nitro groups is 1. The van der Waals surface area contributed by atoms with Crippen LogP contribution in [0.4, 0.5) is 10.7 Å². The predicted molar refractivity (Wildman–Crippen MR) is 91.2 cm³/mol. The fraction of sp³-hybridized carbons (Fsp3) is 0.286. The Labute approximate surface area is 150 Å². The summed E-state index contributed by atoms with van der Waals surface area (Å²) in [5, 5.41) is 17.3. The second-order valence-corrected chi connectivity index (χ2v) is 6.24. The first-order valence-corrected chi connectivity index (χ1v) is 7.97. The molecule has 0 atom stereocenters. The van der Waals surface area contributed by atoms with Crippen molar-refractivity contribution in [1.82, 2.24) is 9.78 Å². The molecule has 2 aromatic rings. The topological polar surface area (TPSA) is 159 Å². The Balaban J connectivity index is 2.27. The van der Waals surface area contributed by atoms with Crippen LogP contribution in [0.25, 0.3) is 0 Å². The number of aromatic nitrogens is 2. The zero-order valence-electron chi connectivity index (χ0n) is 14.1. The molecule has 0 spiro atoms. The number of nitrogens with zero attached hydrogens (tertiary/aromatic N) is 3. The summed E-state index contributed by atoms with van der Waals surface area (Å²) in [5.41, 5.74) is 5.56. The van der Waals surface area contributed by atoms with Gasteiger partial charge in [-0.05, 0) is 19.4 Å². The quantitative estimate of drug-likeness (QED) is 0.428. The third-order valence-electron chi connectivity index (χ3n) is 3.44. The van der Waals surface area contributed by atoms with Gasteiger partial charge in [-0.2, -0.15) is 5.10 Å². The third-order valence-corrected chi connectivity index (χ3v) is 4.66. The molecule has 0 saturated carbocycles. The molecule has 2 aromatic heterocycles. The average molecular weight is 381 g/mol. The molecule has 0 aliphatic heterocycles. The molecule has 0 radical (unpaired) electrons. The number of aryl methyl sites for hydroxylation is 1. The lowest BCUT2D eigenvalue weighted by atomic mass is 10.1. The lowest BCUT2D eigenvalue weighted by molar-refractivity contribution is -0.385. The van der Waals surface area contributed by atoms with E-state index in [9.17, 15) is 24.5 Å². The molecule has 12 heteroatoms. The molecule has 0 saturated heterocycles. The highest BCUT2D eigenvalue weighted by Gasteiger charge is 2.25. The van der Waals surface area contributed by atoms with Gasteiger partial charge < -0.3 is 15.8 Å². The first-order chi connectivity index (χ1) is 12.1. The van der Waals surface area contributed by atoms with Crippen LogP contribution in [0.3, 0.4) is 0 Å². The highest BCUT2D eigenvalue weighted by atomic mass is 32.1. The van der Waals surface area contributed by atoms with Crippen molar-refractivity contribution < 1.29 is 24.0 Å². The van der Waals surface area contributed by atoms with E-state index in [1.807, 2.05) is 0 Å². The predicted octanol–water partition coefficient (Wildman–Crippen LogP) is 0.994. The summed E-state index contributed by atoms with van der Waals surface area (Å²) < 4.78 is 5.78. The number of nitrogens with two attached hydrogens (primary N) is 1. The molecule has 26 heavy (non-hydrogen) atoms. The second kappa shape index (κ2) is 7.31. The summed E-state index contributed by atoms with van der Waals surface area (Å²) in [4.78, 5) is 46.0. The monoisotopic (exact) mass is 381 g/mol. The van der Waals surface area contributed by atoms with Crippen LogP contribution >= 0.6 is 11.3 Å². The van der Waals surface area contributed by atoms with Crippen molar-refractivity contribution >= 4 is 39.8 Å². The van der Waals surface area contributed by atoms with Gasteiger partial charge in [-0.25, -0.2) is 4.79 Å². The number of methoxy groups -OCH3 is 1. The Morgan fingerprint density at radius 3 is 2.58 bits per heavy atom. The van der Waals surface area contributed by atoms with Gasteiger partial charge in [0.05, 0.1) is 22.5 Å². The largest absolute Gasteiger partial charge is 0.465 e. The standard InChI is InChI=1S/C14H15N5O6S/c1-6-10(14(22)25-3)13(26-11(6)12(15)21)16-9(20)5-18-4-8(19(23)24)7(2)17-18/h4H,5H2,1-3H3,(H2,15,21)(H,16,20). The normalized spacial score (nSPS) is 10.4. The number of ether oxygens (including phenoxy) is 1. The molecule has 11 nitrogen and oxygen atoms in total. The van der Waals surface area contributed by atoms with Gasteiger partial charge >= 0.3 is 11.7 Å². The molecule has 0 aromatic carbocycles. The van der Waals surface area contributed by atoms with E-state index < -0.39 is 22.7 Å². The number of hydrogen-bond acceptors (Lipinski definition) is 8. The highest BCUT2D eigenvalue weighted by molar-refractivity contribution is 7.18. The SMILES string of the molecule is COC(=O)c1c(NC(=O)Cn2cc([N+](=O)[O-])c(C)n2)sc(C(N)=O)c1C. The fourth-order valence-electron chi connectivity index (χ4n) is 2.27. The van der Waals surface area contributed by atoms with Crippen molar-refractivity contribution in [2.45, 2.75) is 20.4 Å². The van der Waals surface area contributed by atoms with Crippen molar-refractivity contribution in [1.29, 1.82) is 0 Å². The molecule has 0 aliphatic rings. The maximum absolute atomic E-state index is 12.2. The molecule has 2 amide bonds. The average Bonchev–Trinajstić information content (AvgIpc) is 3.06. The number of amides is 2. The Morgan fingerprint density at radius 2 is 2.08 bits per heavy atom. The Morgan fingerprint density at radius 1 is 1.42 bits per heavy atom.